The Labute approximate surface area is 211 Å². The van der Waals surface area contributed by atoms with Crippen LogP contribution in [0.4, 0.5) is 11.4 Å². The Hall–Kier alpha value is -3.92. The SMILES string of the molecule is COc1ccc(S(=O)(=O)Nc2ccc(C(=O)N3CCN(c4ccccc4OC)CC3)cc2)c(OC)c1. The van der Waals surface area contributed by atoms with Gasteiger partial charge in [0.15, 0.2) is 0 Å². The number of sulfonamides is 1. The Morgan fingerprint density at radius 1 is 0.806 bits per heavy atom. The van der Waals surface area contributed by atoms with Gasteiger partial charge in [0.25, 0.3) is 15.9 Å². The summed E-state index contributed by atoms with van der Waals surface area (Å²) in [6.45, 7) is 2.52. The lowest BCUT2D eigenvalue weighted by molar-refractivity contribution is 0.0746. The fourth-order valence-corrected chi connectivity index (χ4v) is 5.32. The predicted molar refractivity (Wildman–Crippen MR) is 138 cm³/mol. The zero-order valence-electron chi connectivity index (χ0n) is 20.4. The van der Waals surface area contributed by atoms with Gasteiger partial charge < -0.3 is 24.0 Å². The molecule has 0 aromatic heterocycles. The fourth-order valence-electron chi connectivity index (χ4n) is 4.11. The number of anilines is 2. The summed E-state index contributed by atoms with van der Waals surface area (Å²) >= 11 is 0. The minimum absolute atomic E-state index is 0.0149. The van der Waals surface area contributed by atoms with Gasteiger partial charge in [0.2, 0.25) is 0 Å². The second kappa shape index (κ2) is 10.8. The van der Waals surface area contributed by atoms with Crippen molar-refractivity contribution < 1.29 is 27.4 Å². The molecular formula is C26H29N3O6S. The molecule has 1 saturated heterocycles. The van der Waals surface area contributed by atoms with E-state index in [1.165, 1.54) is 26.4 Å². The fraction of sp³-hybridized carbons (Fsp3) is 0.269. The second-order valence-electron chi connectivity index (χ2n) is 8.15. The molecule has 0 atom stereocenters. The van der Waals surface area contributed by atoms with Crippen LogP contribution in [0.5, 0.6) is 17.2 Å². The van der Waals surface area contributed by atoms with E-state index in [0.717, 1.165) is 11.4 Å². The molecule has 0 saturated carbocycles. The molecule has 1 heterocycles. The maximum atomic E-state index is 13.0. The lowest BCUT2D eigenvalue weighted by atomic mass is 10.1. The number of amides is 1. The molecule has 0 bridgehead atoms. The summed E-state index contributed by atoms with van der Waals surface area (Å²) < 4.78 is 44.2. The minimum Gasteiger partial charge on any atom is -0.497 e. The topological polar surface area (TPSA) is 97.4 Å². The average molecular weight is 512 g/mol. The largest absolute Gasteiger partial charge is 0.497 e. The minimum atomic E-state index is -3.91. The third-order valence-corrected chi connectivity index (χ3v) is 7.46. The van der Waals surface area contributed by atoms with Gasteiger partial charge in [0.1, 0.15) is 22.1 Å². The number of nitrogens with zero attached hydrogens (tertiary/aromatic N) is 2. The first kappa shape index (κ1) is 25.2. The van der Waals surface area contributed by atoms with Crippen LogP contribution in [0.1, 0.15) is 10.4 Å². The van der Waals surface area contributed by atoms with Gasteiger partial charge in [0, 0.05) is 43.5 Å². The van der Waals surface area contributed by atoms with E-state index in [4.69, 9.17) is 14.2 Å². The molecule has 1 aliphatic rings. The molecule has 1 aliphatic heterocycles. The van der Waals surface area contributed by atoms with Crippen molar-refractivity contribution in [3.05, 3.63) is 72.3 Å². The number of nitrogens with one attached hydrogen (secondary N) is 1. The van der Waals surface area contributed by atoms with Crippen LogP contribution >= 0.6 is 0 Å². The first-order valence-electron chi connectivity index (χ1n) is 11.4. The van der Waals surface area contributed by atoms with Gasteiger partial charge in [0.05, 0.1) is 27.0 Å². The van der Waals surface area contributed by atoms with Crippen LogP contribution in [0.25, 0.3) is 0 Å². The van der Waals surface area contributed by atoms with E-state index >= 15 is 0 Å². The number of methoxy groups -OCH3 is 3. The van der Waals surface area contributed by atoms with Crippen molar-refractivity contribution in [3.63, 3.8) is 0 Å². The number of hydrogen-bond acceptors (Lipinski definition) is 7. The molecule has 190 valence electrons. The number of piperazine rings is 1. The summed E-state index contributed by atoms with van der Waals surface area (Å²) in [4.78, 5) is 17.0. The highest BCUT2D eigenvalue weighted by Gasteiger charge is 2.24. The number of rotatable bonds is 8. The number of carbonyl (C=O) groups is 1. The second-order valence-corrected chi connectivity index (χ2v) is 9.80. The zero-order valence-corrected chi connectivity index (χ0v) is 21.2. The van der Waals surface area contributed by atoms with E-state index < -0.39 is 10.0 Å². The van der Waals surface area contributed by atoms with E-state index in [1.807, 2.05) is 24.3 Å². The highest BCUT2D eigenvalue weighted by atomic mass is 32.2. The number of benzene rings is 3. The molecule has 36 heavy (non-hydrogen) atoms. The van der Waals surface area contributed by atoms with E-state index in [-0.39, 0.29) is 16.6 Å². The quantitative estimate of drug-likeness (QED) is 0.495. The number of hydrogen-bond donors (Lipinski definition) is 1. The Kier molecular flexibility index (Phi) is 7.54. The highest BCUT2D eigenvalue weighted by molar-refractivity contribution is 7.92. The zero-order chi connectivity index (χ0) is 25.7. The van der Waals surface area contributed by atoms with Gasteiger partial charge in [-0.2, -0.15) is 0 Å². The summed E-state index contributed by atoms with van der Waals surface area (Å²) in [5.74, 6) is 1.36. The molecule has 0 radical (unpaired) electrons. The molecule has 1 fully saturated rings. The van der Waals surface area contributed by atoms with Crippen molar-refractivity contribution in [1.82, 2.24) is 4.90 Å². The van der Waals surface area contributed by atoms with Gasteiger partial charge in [-0.1, -0.05) is 12.1 Å². The first-order valence-corrected chi connectivity index (χ1v) is 12.9. The van der Waals surface area contributed by atoms with Crippen molar-refractivity contribution >= 4 is 27.3 Å². The van der Waals surface area contributed by atoms with Gasteiger partial charge in [-0.15, -0.1) is 0 Å². The van der Waals surface area contributed by atoms with E-state index in [9.17, 15) is 13.2 Å². The Bertz CT molecular complexity index is 1320. The van der Waals surface area contributed by atoms with Crippen LogP contribution in [0.3, 0.4) is 0 Å². The van der Waals surface area contributed by atoms with Gasteiger partial charge in [-0.25, -0.2) is 8.42 Å². The van der Waals surface area contributed by atoms with Gasteiger partial charge in [-0.05, 0) is 48.5 Å². The van der Waals surface area contributed by atoms with Crippen LogP contribution in [-0.4, -0.2) is 66.7 Å². The smallest absolute Gasteiger partial charge is 0.265 e. The molecule has 0 unspecified atom stereocenters. The molecule has 3 aromatic rings. The summed E-state index contributed by atoms with van der Waals surface area (Å²) in [5.41, 5.74) is 1.84. The normalized spacial score (nSPS) is 13.8. The number of para-hydroxylation sites is 2. The Morgan fingerprint density at radius 2 is 1.47 bits per heavy atom. The number of ether oxygens (including phenoxy) is 3. The summed E-state index contributed by atoms with van der Waals surface area (Å²) in [7, 11) is 0.618. The molecule has 10 heteroatoms. The third kappa shape index (κ3) is 5.33. The van der Waals surface area contributed by atoms with Gasteiger partial charge in [-0.3, -0.25) is 9.52 Å². The standard InChI is InChI=1S/C26H29N3O6S/c1-33-21-12-13-25(24(18-21)35-3)36(31,32)27-20-10-8-19(9-11-20)26(30)29-16-14-28(15-17-29)22-6-4-5-7-23(22)34-2/h4-13,18,27H,14-17H2,1-3H3. The molecule has 3 aromatic carbocycles. The maximum absolute atomic E-state index is 13.0. The molecule has 1 N–H and O–H groups in total. The van der Waals surface area contributed by atoms with Crippen molar-refractivity contribution in [2.75, 3.05) is 57.1 Å². The van der Waals surface area contributed by atoms with Crippen LogP contribution in [0.2, 0.25) is 0 Å². The summed E-state index contributed by atoms with van der Waals surface area (Å²) in [6.07, 6.45) is 0. The van der Waals surface area contributed by atoms with E-state index in [2.05, 4.69) is 9.62 Å². The van der Waals surface area contributed by atoms with Crippen molar-refractivity contribution in [2.24, 2.45) is 0 Å². The Morgan fingerprint density at radius 3 is 2.11 bits per heavy atom. The van der Waals surface area contributed by atoms with Gasteiger partial charge >= 0.3 is 0 Å². The third-order valence-electron chi connectivity index (χ3n) is 6.04. The van der Waals surface area contributed by atoms with E-state index in [0.29, 0.717) is 43.2 Å². The van der Waals surface area contributed by atoms with Crippen LogP contribution in [-0.2, 0) is 10.0 Å². The molecule has 0 aliphatic carbocycles. The summed E-state index contributed by atoms with van der Waals surface area (Å²) in [6, 6.07) is 18.7. The van der Waals surface area contributed by atoms with Crippen molar-refractivity contribution in [1.29, 1.82) is 0 Å². The number of carbonyl (C=O) groups excluding carboxylic acids is 1. The molecule has 0 spiro atoms. The monoisotopic (exact) mass is 511 g/mol. The van der Waals surface area contributed by atoms with Crippen molar-refractivity contribution in [2.45, 2.75) is 4.90 Å². The lowest BCUT2D eigenvalue weighted by Gasteiger charge is -2.36. The van der Waals surface area contributed by atoms with Crippen LogP contribution < -0.4 is 23.8 Å². The molecular weight excluding hydrogens is 482 g/mol. The molecule has 1 amide bonds. The Balaban J connectivity index is 1.41. The lowest BCUT2D eigenvalue weighted by Crippen LogP contribution is -2.48. The molecule has 9 nitrogen and oxygen atoms in total. The maximum Gasteiger partial charge on any atom is 0.265 e. The van der Waals surface area contributed by atoms with Crippen LogP contribution in [0.15, 0.2) is 71.6 Å². The first-order chi connectivity index (χ1) is 17.4. The van der Waals surface area contributed by atoms with Crippen molar-refractivity contribution in [3.8, 4) is 17.2 Å². The van der Waals surface area contributed by atoms with Crippen LogP contribution in [0, 0.1) is 0 Å². The average Bonchev–Trinajstić information content (AvgIpc) is 2.92. The highest BCUT2D eigenvalue weighted by Crippen LogP contribution is 2.30. The molecule has 4 rings (SSSR count). The summed E-state index contributed by atoms with van der Waals surface area (Å²) in [5, 5.41) is 0. The van der Waals surface area contributed by atoms with E-state index in [1.54, 1.807) is 42.3 Å². The predicted octanol–water partition coefficient (Wildman–Crippen LogP) is 3.48.